The van der Waals surface area contributed by atoms with E-state index >= 15 is 0 Å². The van der Waals surface area contributed by atoms with Crippen LogP contribution in [-0.4, -0.2) is 5.11 Å². The van der Waals surface area contributed by atoms with Gasteiger partial charge in [0.2, 0.25) is 0 Å². The lowest BCUT2D eigenvalue weighted by atomic mass is 10.2. The van der Waals surface area contributed by atoms with Crippen molar-refractivity contribution in [2.24, 2.45) is 0 Å². The molecule has 0 atom stereocenters. The van der Waals surface area contributed by atoms with Crippen LogP contribution >= 0.6 is 0 Å². The summed E-state index contributed by atoms with van der Waals surface area (Å²) in [6, 6.07) is 6.35. The van der Waals surface area contributed by atoms with Crippen LogP contribution in [0.2, 0.25) is 0 Å². The van der Waals surface area contributed by atoms with Crippen LogP contribution < -0.4 is 0 Å². The van der Waals surface area contributed by atoms with E-state index in [2.05, 4.69) is 0 Å². The highest BCUT2D eigenvalue weighted by Crippen LogP contribution is 2.09. The number of phenolic OH excluding ortho intramolecular Hbond substituents is 1. The molecule has 0 unspecified atom stereocenters. The first-order valence-electron chi connectivity index (χ1n) is 2.69. The molecule has 1 rings (SSSR count). The zero-order chi connectivity index (χ0) is 6.69. The number of hydrogen-bond acceptors (Lipinski definition) is 1. The number of hydrogen-bond donors (Lipinski definition) is 1. The molecular formula is C7H7O2. The molecule has 0 aliphatic rings. The number of rotatable bonds is 1. The third-order valence-corrected chi connectivity index (χ3v) is 1.08. The third-order valence-electron chi connectivity index (χ3n) is 1.08. The zero-order valence-corrected chi connectivity index (χ0v) is 4.87. The Balaban J connectivity index is 2.94. The van der Waals surface area contributed by atoms with Crippen molar-refractivity contribution in [2.75, 3.05) is 0 Å². The fourth-order valence-corrected chi connectivity index (χ4v) is 0.646. The summed E-state index contributed by atoms with van der Waals surface area (Å²) in [7, 11) is 0. The quantitative estimate of drug-likeness (QED) is 0.601. The highest BCUT2D eigenvalue weighted by molar-refractivity contribution is 5.26. The van der Waals surface area contributed by atoms with E-state index in [1.807, 2.05) is 0 Å². The van der Waals surface area contributed by atoms with Crippen molar-refractivity contribution < 1.29 is 10.2 Å². The number of benzene rings is 1. The molecule has 1 radical (unpaired) electrons. The van der Waals surface area contributed by atoms with E-state index in [-0.39, 0.29) is 12.4 Å². The molecule has 0 aliphatic heterocycles. The molecule has 2 heteroatoms. The third kappa shape index (κ3) is 1.44. The van der Waals surface area contributed by atoms with Gasteiger partial charge in [0.1, 0.15) is 12.4 Å². The van der Waals surface area contributed by atoms with Gasteiger partial charge in [-0.05, 0) is 17.7 Å². The lowest BCUT2D eigenvalue weighted by Gasteiger charge is -1.92. The van der Waals surface area contributed by atoms with E-state index in [9.17, 15) is 5.11 Å². The van der Waals surface area contributed by atoms with Gasteiger partial charge in [-0.15, -0.1) is 0 Å². The van der Waals surface area contributed by atoms with E-state index in [1.54, 1.807) is 18.2 Å². The van der Waals surface area contributed by atoms with Gasteiger partial charge in [0.05, 0.1) is 0 Å². The maximum Gasteiger partial charge on any atom is 0.115 e. The van der Waals surface area contributed by atoms with Crippen LogP contribution in [0.1, 0.15) is 5.56 Å². The summed E-state index contributed by atoms with van der Waals surface area (Å²) < 4.78 is 0. The summed E-state index contributed by atoms with van der Waals surface area (Å²) >= 11 is 0. The molecule has 0 aromatic heterocycles. The van der Waals surface area contributed by atoms with Crippen molar-refractivity contribution in [3.05, 3.63) is 29.8 Å². The fraction of sp³-hybridized carbons (Fsp3) is 0.143. The highest BCUT2D eigenvalue weighted by atomic mass is 16.3. The average Bonchev–Trinajstić information content (AvgIpc) is 1.88. The van der Waals surface area contributed by atoms with Crippen molar-refractivity contribution in [2.45, 2.75) is 6.61 Å². The largest absolute Gasteiger partial charge is 0.508 e. The summed E-state index contributed by atoms with van der Waals surface area (Å²) in [6.07, 6.45) is 0. The first-order valence-corrected chi connectivity index (χ1v) is 2.69. The molecule has 0 saturated carbocycles. The molecule has 2 nitrogen and oxygen atoms in total. The minimum Gasteiger partial charge on any atom is -0.508 e. The van der Waals surface area contributed by atoms with Crippen LogP contribution in [0.4, 0.5) is 0 Å². The molecule has 0 amide bonds. The standard InChI is InChI=1S/C7H7O2/c8-5-6-2-1-3-7(9)4-6/h1-4,9H,5H2. The minimum absolute atomic E-state index is 0.156. The van der Waals surface area contributed by atoms with Crippen molar-refractivity contribution >= 4 is 0 Å². The Kier molecular flexibility index (Phi) is 1.70. The van der Waals surface area contributed by atoms with Gasteiger partial charge in [-0.2, -0.15) is 0 Å². The van der Waals surface area contributed by atoms with E-state index in [0.29, 0.717) is 5.56 Å². The SMILES string of the molecule is [O]Cc1cccc(O)c1. The van der Waals surface area contributed by atoms with Crippen LogP contribution in [0.25, 0.3) is 0 Å². The van der Waals surface area contributed by atoms with Crippen molar-refractivity contribution in [3.63, 3.8) is 0 Å². The summed E-state index contributed by atoms with van der Waals surface area (Å²) in [5.74, 6) is 0.156. The summed E-state index contributed by atoms with van der Waals surface area (Å²) in [6.45, 7) is -0.269. The summed E-state index contributed by atoms with van der Waals surface area (Å²) in [5, 5.41) is 19.0. The van der Waals surface area contributed by atoms with Crippen LogP contribution in [0.3, 0.4) is 0 Å². The molecular weight excluding hydrogens is 116 g/mol. The fourth-order valence-electron chi connectivity index (χ4n) is 0.646. The molecule has 0 saturated heterocycles. The molecule has 1 aromatic carbocycles. The van der Waals surface area contributed by atoms with E-state index < -0.39 is 0 Å². The van der Waals surface area contributed by atoms with Crippen molar-refractivity contribution in [1.29, 1.82) is 0 Å². The smallest absolute Gasteiger partial charge is 0.115 e. The van der Waals surface area contributed by atoms with Gasteiger partial charge < -0.3 is 5.11 Å². The molecule has 0 spiro atoms. The predicted octanol–water partition coefficient (Wildman–Crippen LogP) is 1.32. The summed E-state index contributed by atoms with van der Waals surface area (Å²) in [5.41, 5.74) is 0.620. The van der Waals surface area contributed by atoms with Crippen LogP contribution in [0.5, 0.6) is 5.75 Å². The van der Waals surface area contributed by atoms with Gasteiger partial charge in [-0.25, -0.2) is 5.11 Å². The van der Waals surface area contributed by atoms with Gasteiger partial charge in [-0.1, -0.05) is 12.1 Å². The monoisotopic (exact) mass is 123 g/mol. The molecule has 47 valence electrons. The molecule has 0 fully saturated rings. The number of phenols is 1. The van der Waals surface area contributed by atoms with E-state index in [4.69, 9.17) is 5.11 Å². The van der Waals surface area contributed by atoms with Gasteiger partial charge in [0.15, 0.2) is 0 Å². The predicted molar refractivity (Wildman–Crippen MR) is 32.5 cm³/mol. The molecule has 9 heavy (non-hydrogen) atoms. The lowest BCUT2D eigenvalue weighted by Crippen LogP contribution is -1.77. The second kappa shape index (κ2) is 2.51. The topological polar surface area (TPSA) is 40.1 Å². The summed E-state index contributed by atoms with van der Waals surface area (Å²) in [4.78, 5) is 0. The number of aromatic hydroxyl groups is 1. The average molecular weight is 123 g/mol. The molecule has 0 heterocycles. The maximum absolute atomic E-state index is 10.2. The normalized spacial score (nSPS) is 9.44. The van der Waals surface area contributed by atoms with Gasteiger partial charge in [0.25, 0.3) is 0 Å². The second-order valence-electron chi connectivity index (χ2n) is 1.81. The van der Waals surface area contributed by atoms with Crippen LogP contribution in [-0.2, 0) is 11.7 Å². The zero-order valence-electron chi connectivity index (χ0n) is 4.87. The van der Waals surface area contributed by atoms with Crippen LogP contribution in [0.15, 0.2) is 24.3 Å². The van der Waals surface area contributed by atoms with Gasteiger partial charge in [0, 0.05) is 0 Å². The highest BCUT2D eigenvalue weighted by Gasteiger charge is 1.89. The maximum atomic E-state index is 10.2. The van der Waals surface area contributed by atoms with E-state index in [0.717, 1.165) is 0 Å². The second-order valence-corrected chi connectivity index (χ2v) is 1.81. The van der Waals surface area contributed by atoms with Crippen molar-refractivity contribution in [3.8, 4) is 5.75 Å². The Bertz CT molecular complexity index is 196. The minimum atomic E-state index is -0.269. The first-order chi connectivity index (χ1) is 4.33. The Labute approximate surface area is 53.4 Å². The van der Waals surface area contributed by atoms with Gasteiger partial charge >= 0.3 is 0 Å². The Morgan fingerprint density at radius 1 is 1.44 bits per heavy atom. The Hall–Kier alpha value is -1.02. The Morgan fingerprint density at radius 2 is 2.22 bits per heavy atom. The molecule has 0 bridgehead atoms. The lowest BCUT2D eigenvalue weighted by molar-refractivity contribution is 0.177. The van der Waals surface area contributed by atoms with Crippen LogP contribution in [0, 0.1) is 0 Å². The van der Waals surface area contributed by atoms with E-state index in [1.165, 1.54) is 6.07 Å². The Morgan fingerprint density at radius 3 is 2.67 bits per heavy atom. The van der Waals surface area contributed by atoms with Crippen molar-refractivity contribution in [1.82, 2.24) is 0 Å². The molecule has 1 N–H and O–H groups in total. The molecule has 1 aromatic rings. The molecule has 0 aliphatic carbocycles. The first kappa shape index (κ1) is 6.11. The van der Waals surface area contributed by atoms with Gasteiger partial charge in [-0.3, -0.25) is 0 Å².